The highest BCUT2D eigenvalue weighted by atomic mass is 16.5. The van der Waals surface area contributed by atoms with Gasteiger partial charge in [0.15, 0.2) is 11.5 Å². The average Bonchev–Trinajstić information content (AvgIpc) is 2.98. The molecule has 1 aliphatic rings. The van der Waals surface area contributed by atoms with E-state index in [-0.39, 0.29) is 22.8 Å². The standard InChI is InChI=1S/C22H25N3O5/c1-4-30-17-13-15(5-6-16(17)26)19-18(20(27)14-7-9-23-10-8-14)21(28)22(29)25(19)12-11-24(2)3/h5-10,13,19,26-27H,4,11-12H2,1-3H3. The monoisotopic (exact) mass is 411 g/mol. The molecule has 1 saturated heterocycles. The van der Waals surface area contributed by atoms with Crippen molar-refractivity contribution in [2.75, 3.05) is 33.8 Å². The van der Waals surface area contributed by atoms with Gasteiger partial charge in [-0.1, -0.05) is 6.07 Å². The third kappa shape index (κ3) is 4.13. The molecule has 0 saturated carbocycles. The fraction of sp³-hybridized carbons (Fsp3) is 0.318. The van der Waals surface area contributed by atoms with E-state index in [1.807, 2.05) is 19.0 Å². The van der Waals surface area contributed by atoms with Gasteiger partial charge in [-0.2, -0.15) is 0 Å². The molecule has 1 aromatic carbocycles. The molecule has 1 atom stereocenters. The maximum Gasteiger partial charge on any atom is 0.295 e. The fourth-order valence-electron chi connectivity index (χ4n) is 3.40. The molecular weight excluding hydrogens is 386 g/mol. The fourth-order valence-corrected chi connectivity index (χ4v) is 3.40. The van der Waals surface area contributed by atoms with Crippen LogP contribution in [0, 0.1) is 0 Å². The molecule has 0 aliphatic carbocycles. The van der Waals surface area contributed by atoms with E-state index in [1.165, 1.54) is 23.4 Å². The summed E-state index contributed by atoms with van der Waals surface area (Å²) in [5.41, 5.74) is 0.951. The lowest BCUT2D eigenvalue weighted by Crippen LogP contribution is -2.35. The molecule has 0 spiro atoms. The van der Waals surface area contributed by atoms with Crippen molar-refractivity contribution in [3.05, 3.63) is 59.4 Å². The van der Waals surface area contributed by atoms with E-state index in [1.54, 1.807) is 31.2 Å². The Morgan fingerprint density at radius 2 is 1.90 bits per heavy atom. The maximum absolute atomic E-state index is 12.9. The minimum atomic E-state index is -0.807. The summed E-state index contributed by atoms with van der Waals surface area (Å²) in [4.78, 5) is 33.0. The van der Waals surface area contributed by atoms with Crippen LogP contribution in [0.5, 0.6) is 11.5 Å². The summed E-state index contributed by atoms with van der Waals surface area (Å²) in [6.07, 6.45) is 3.00. The number of phenolic OH excluding ortho intramolecular Hbond substituents is 1. The molecular formula is C22H25N3O5. The number of ether oxygens (including phenoxy) is 1. The molecule has 2 heterocycles. The van der Waals surface area contributed by atoms with Gasteiger partial charge in [-0.05, 0) is 50.8 Å². The summed E-state index contributed by atoms with van der Waals surface area (Å²) in [7, 11) is 3.74. The van der Waals surface area contributed by atoms with Crippen LogP contribution in [0.4, 0.5) is 0 Å². The second-order valence-corrected chi connectivity index (χ2v) is 7.19. The number of benzene rings is 1. The van der Waals surface area contributed by atoms with E-state index in [2.05, 4.69) is 4.98 Å². The van der Waals surface area contributed by atoms with E-state index in [0.29, 0.717) is 30.8 Å². The number of likely N-dealkylation sites (tertiary alicyclic amines) is 1. The van der Waals surface area contributed by atoms with Gasteiger partial charge in [-0.25, -0.2) is 0 Å². The number of hydrogen-bond acceptors (Lipinski definition) is 7. The smallest absolute Gasteiger partial charge is 0.295 e. The average molecular weight is 411 g/mol. The van der Waals surface area contributed by atoms with Crippen molar-refractivity contribution in [1.29, 1.82) is 0 Å². The molecule has 1 fully saturated rings. The van der Waals surface area contributed by atoms with E-state index in [9.17, 15) is 19.8 Å². The van der Waals surface area contributed by atoms with E-state index < -0.39 is 17.7 Å². The second-order valence-electron chi connectivity index (χ2n) is 7.19. The molecule has 1 unspecified atom stereocenters. The van der Waals surface area contributed by atoms with E-state index >= 15 is 0 Å². The Kier molecular flexibility index (Phi) is 6.37. The number of amides is 1. The summed E-state index contributed by atoms with van der Waals surface area (Å²) < 4.78 is 5.47. The molecule has 0 radical (unpaired) electrons. The van der Waals surface area contributed by atoms with Crippen molar-refractivity contribution in [2.24, 2.45) is 0 Å². The van der Waals surface area contributed by atoms with Gasteiger partial charge in [0, 0.05) is 31.0 Å². The zero-order chi connectivity index (χ0) is 21.8. The zero-order valence-corrected chi connectivity index (χ0v) is 17.2. The van der Waals surface area contributed by atoms with Gasteiger partial charge in [0.1, 0.15) is 5.76 Å². The summed E-state index contributed by atoms with van der Waals surface area (Å²) in [6, 6.07) is 7.01. The lowest BCUT2D eigenvalue weighted by Gasteiger charge is -2.27. The Labute approximate surface area is 175 Å². The number of Topliss-reactive ketones (excluding diaryl/α,β-unsaturated/α-hetero) is 1. The molecule has 3 rings (SSSR count). The number of aromatic hydroxyl groups is 1. The Balaban J connectivity index is 2.16. The second kappa shape index (κ2) is 8.96. The number of aromatic nitrogens is 1. The minimum Gasteiger partial charge on any atom is -0.507 e. The predicted octanol–water partition coefficient (Wildman–Crippen LogP) is 2.17. The Hall–Kier alpha value is -3.39. The van der Waals surface area contributed by atoms with Crippen LogP contribution < -0.4 is 4.74 Å². The molecule has 2 aromatic rings. The van der Waals surface area contributed by atoms with Crippen LogP contribution in [0.2, 0.25) is 0 Å². The number of nitrogens with zero attached hydrogens (tertiary/aromatic N) is 3. The molecule has 8 heteroatoms. The van der Waals surface area contributed by atoms with Crippen LogP contribution >= 0.6 is 0 Å². The van der Waals surface area contributed by atoms with Crippen molar-refractivity contribution in [3.8, 4) is 11.5 Å². The number of carbonyl (C=O) groups is 2. The van der Waals surface area contributed by atoms with Gasteiger partial charge in [0.05, 0.1) is 18.2 Å². The van der Waals surface area contributed by atoms with Crippen LogP contribution in [0.3, 0.4) is 0 Å². The Bertz CT molecular complexity index is 972. The first-order chi connectivity index (χ1) is 14.3. The van der Waals surface area contributed by atoms with Crippen LogP contribution in [0.1, 0.15) is 24.1 Å². The van der Waals surface area contributed by atoms with Crippen molar-refractivity contribution >= 4 is 17.4 Å². The number of ketones is 1. The first kappa shape index (κ1) is 21.3. The van der Waals surface area contributed by atoms with Crippen LogP contribution in [-0.4, -0.2) is 70.5 Å². The quantitative estimate of drug-likeness (QED) is 0.409. The SMILES string of the molecule is CCOc1cc(C2C(=C(O)c3ccncc3)C(=O)C(=O)N2CCN(C)C)ccc1O. The topological polar surface area (TPSA) is 103 Å². The lowest BCUT2D eigenvalue weighted by molar-refractivity contribution is -0.140. The molecule has 30 heavy (non-hydrogen) atoms. The molecule has 158 valence electrons. The number of phenols is 1. The lowest BCUT2D eigenvalue weighted by atomic mass is 9.95. The van der Waals surface area contributed by atoms with Gasteiger partial charge >= 0.3 is 0 Å². The van der Waals surface area contributed by atoms with Crippen molar-refractivity contribution in [3.63, 3.8) is 0 Å². The van der Waals surface area contributed by atoms with Gasteiger partial charge in [0.25, 0.3) is 11.7 Å². The van der Waals surface area contributed by atoms with Crippen molar-refractivity contribution < 1.29 is 24.5 Å². The molecule has 1 amide bonds. The van der Waals surface area contributed by atoms with Crippen molar-refractivity contribution in [1.82, 2.24) is 14.8 Å². The number of pyridine rings is 1. The Morgan fingerprint density at radius 3 is 2.53 bits per heavy atom. The number of rotatable bonds is 7. The van der Waals surface area contributed by atoms with Crippen LogP contribution in [0.25, 0.3) is 5.76 Å². The molecule has 1 aliphatic heterocycles. The predicted molar refractivity (Wildman–Crippen MR) is 111 cm³/mol. The summed E-state index contributed by atoms with van der Waals surface area (Å²) in [6.45, 7) is 2.96. The van der Waals surface area contributed by atoms with E-state index in [0.717, 1.165) is 0 Å². The molecule has 1 aromatic heterocycles. The van der Waals surface area contributed by atoms with Crippen LogP contribution in [-0.2, 0) is 9.59 Å². The van der Waals surface area contributed by atoms with Crippen molar-refractivity contribution in [2.45, 2.75) is 13.0 Å². The van der Waals surface area contributed by atoms with Gasteiger partial charge in [-0.15, -0.1) is 0 Å². The summed E-state index contributed by atoms with van der Waals surface area (Å²) in [5, 5.41) is 21.0. The third-order valence-corrected chi connectivity index (χ3v) is 4.88. The molecule has 2 N–H and O–H groups in total. The number of hydrogen-bond donors (Lipinski definition) is 2. The third-order valence-electron chi connectivity index (χ3n) is 4.88. The maximum atomic E-state index is 12.9. The largest absolute Gasteiger partial charge is 0.507 e. The summed E-state index contributed by atoms with van der Waals surface area (Å²) in [5.74, 6) is -1.49. The normalized spacial score (nSPS) is 18.3. The molecule has 0 bridgehead atoms. The zero-order valence-electron chi connectivity index (χ0n) is 17.2. The van der Waals surface area contributed by atoms with Crippen LogP contribution in [0.15, 0.2) is 48.3 Å². The first-order valence-electron chi connectivity index (χ1n) is 9.64. The first-order valence-corrected chi connectivity index (χ1v) is 9.64. The van der Waals surface area contributed by atoms with Gasteiger partial charge < -0.3 is 24.7 Å². The minimum absolute atomic E-state index is 0.00176. The molecule has 8 nitrogen and oxygen atoms in total. The highest BCUT2D eigenvalue weighted by molar-refractivity contribution is 6.46. The van der Waals surface area contributed by atoms with Gasteiger partial charge in [-0.3, -0.25) is 14.6 Å². The number of aliphatic hydroxyl groups excluding tert-OH is 1. The van der Waals surface area contributed by atoms with E-state index in [4.69, 9.17) is 4.74 Å². The number of carbonyl (C=O) groups excluding carboxylic acids is 2. The Morgan fingerprint density at radius 1 is 1.20 bits per heavy atom. The summed E-state index contributed by atoms with van der Waals surface area (Å²) >= 11 is 0. The highest BCUT2D eigenvalue weighted by Crippen LogP contribution is 2.41. The number of aliphatic hydroxyl groups is 1. The number of likely N-dealkylation sites (N-methyl/N-ethyl adjacent to an activating group) is 1. The highest BCUT2D eigenvalue weighted by Gasteiger charge is 2.46. The van der Waals surface area contributed by atoms with Gasteiger partial charge in [0.2, 0.25) is 0 Å².